The quantitative estimate of drug-likeness (QED) is 0.874. The number of rotatable bonds is 4. The molecule has 0 aliphatic heterocycles. The van der Waals surface area contributed by atoms with Gasteiger partial charge in [0.15, 0.2) is 0 Å². The van der Waals surface area contributed by atoms with E-state index in [1.807, 2.05) is 19.1 Å². The molecule has 18 heavy (non-hydrogen) atoms. The lowest BCUT2D eigenvalue weighted by molar-refractivity contribution is 0.0935. The fourth-order valence-corrected chi connectivity index (χ4v) is 2.15. The molecule has 2 aromatic heterocycles. The Morgan fingerprint density at radius 3 is 3.06 bits per heavy atom. The summed E-state index contributed by atoms with van der Waals surface area (Å²) in [5.41, 5.74) is 6.84. The zero-order valence-electron chi connectivity index (χ0n) is 9.96. The predicted octanol–water partition coefficient (Wildman–Crippen LogP) is 1.49. The van der Waals surface area contributed by atoms with Crippen molar-refractivity contribution in [3.8, 4) is 0 Å². The summed E-state index contributed by atoms with van der Waals surface area (Å²) in [6.45, 7) is 2.27. The second-order valence-corrected chi connectivity index (χ2v) is 4.75. The van der Waals surface area contributed by atoms with Gasteiger partial charge in [-0.2, -0.15) is 0 Å². The monoisotopic (exact) mass is 262 g/mol. The van der Waals surface area contributed by atoms with E-state index in [0.717, 1.165) is 10.6 Å². The van der Waals surface area contributed by atoms with E-state index in [9.17, 15) is 4.79 Å². The maximum atomic E-state index is 11.9. The van der Waals surface area contributed by atoms with E-state index in [1.54, 1.807) is 17.8 Å². The maximum absolute atomic E-state index is 11.9. The molecule has 0 saturated carbocycles. The topological polar surface area (TPSA) is 80.9 Å². The molecule has 0 fully saturated rings. The van der Waals surface area contributed by atoms with E-state index < -0.39 is 0 Å². The molecule has 6 heteroatoms. The van der Waals surface area contributed by atoms with Crippen molar-refractivity contribution >= 4 is 17.2 Å². The van der Waals surface area contributed by atoms with Crippen LogP contribution < -0.4 is 11.1 Å². The molecule has 2 aromatic rings. The van der Waals surface area contributed by atoms with Crippen LogP contribution in [0.2, 0.25) is 0 Å². The number of hydrogen-bond acceptors (Lipinski definition) is 5. The minimum atomic E-state index is -0.192. The van der Waals surface area contributed by atoms with Gasteiger partial charge in [-0.3, -0.25) is 9.78 Å². The Bertz CT molecular complexity index is 526. The van der Waals surface area contributed by atoms with Crippen LogP contribution in [-0.4, -0.2) is 15.9 Å². The van der Waals surface area contributed by atoms with Crippen molar-refractivity contribution in [1.82, 2.24) is 15.3 Å². The second-order valence-electron chi connectivity index (χ2n) is 3.81. The van der Waals surface area contributed by atoms with E-state index in [-0.39, 0.29) is 11.9 Å². The Labute approximate surface area is 109 Å². The highest BCUT2D eigenvalue weighted by Crippen LogP contribution is 2.13. The molecule has 1 amide bonds. The van der Waals surface area contributed by atoms with E-state index >= 15 is 0 Å². The largest absolute Gasteiger partial charge is 0.344 e. The molecular formula is C12H14N4OS. The first kappa shape index (κ1) is 12.7. The van der Waals surface area contributed by atoms with Crippen LogP contribution in [0, 0.1) is 0 Å². The van der Waals surface area contributed by atoms with Crippen molar-refractivity contribution in [3.63, 3.8) is 0 Å². The highest BCUT2D eigenvalue weighted by atomic mass is 32.1. The Balaban J connectivity index is 2.03. The summed E-state index contributed by atoms with van der Waals surface area (Å²) in [4.78, 5) is 20.1. The molecule has 0 aliphatic rings. The van der Waals surface area contributed by atoms with E-state index in [0.29, 0.717) is 12.2 Å². The number of nitrogens with zero attached hydrogens (tertiary/aromatic N) is 2. The van der Waals surface area contributed by atoms with Crippen molar-refractivity contribution in [2.75, 3.05) is 0 Å². The summed E-state index contributed by atoms with van der Waals surface area (Å²) in [6, 6.07) is 3.66. The van der Waals surface area contributed by atoms with E-state index in [4.69, 9.17) is 5.73 Å². The van der Waals surface area contributed by atoms with Gasteiger partial charge in [-0.1, -0.05) is 6.07 Å². The molecule has 0 spiro atoms. The Morgan fingerprint density at radius 1 is 1.61 bits per heavy atom. The van der Waals surface area contributed by atoms with Crippen molar-refractivity contribution in [2.45, 2.75) is 19.5 Å². The number of amides is 1. The SMILES string of the molecule is C[C@H](NC(=O)c1csc(CN)n1)c1cccnc1. The number of hydrogen-bond donors (Lipinski definition) is 2. The number of carbonyl (C=O) groups is 1. The van der Waals surface area contributed by atoms with Crippen LogP contribution in [0.3, 0.4) is 0 Å². The average Bonchev–Trinajstić information content (AvgIpc) is 2.88. The number of carbonyl (C=O) groups excluding carboxylic acids is 1. The Kier molecular flexibility index (Phi) is 4.01. The van der Waals surface area contributed by atoms with Crippen LogP contribution in [-0.2, 0) is 6.54 Å². The van der Waals surface area contributed by atoms with E-state index in [2.05, 4.69) is 15.3 Å². The molecular weight excluding hydrogens is 248 g/mol. The van der Waals surface area contributed by atoms with Gasteiger partial charge in [0.1, 0.15) is 10.7 Å². The predicted molar refractivity (Wildman–Crippen MR) is 70.1 cm³/mol. The summed E-state index contributed by atoms with van der Waals surface area (Å²) in [5.74, 6) is -0.192. The third kappa shape index (κ3) is 2.91. The first-order chi connectivity index (χ1) is 8.70. The molecule has 0 unspecified atom stereocenters. The maximum Gasteiger partial charge on any atom is 0.271 e. The number of nitrogens with one attached hydrogen (secondary N) is 1. The molecule has 94 valence electrons. The number of thiazole rings is 1. The average molecular weight is 262 g/mol. The van der Waals surface area contributed by atoms with Gasteiger partial charge in [0, 0.05) is 24.3 Å². The first-order valence-electron chi connectivity index (χ1n) is 5.56. The lowest BCUT2D eigenvalue weighted by Crippen LogP contribution is -2.27. The van der Waals surface area contributed by atoms with Crippen molar-refractivity contribution in [2.24, 2.45) is 5.73 Å². The molecule has 0 aromatic carbocycles. The fourth-order valence-electron chi connectivity index (χ4n) is 1.49. The Morgan fingerprint density at radius 2 is 2.44 bits per heavy atom. The summed E-state index contributed by atoms with van der Waals surface area (Å²) in [7, 11) is 0. The van der Waals surface area contributed by atoms with Gasteiger partial charge in [-0.05, 0) is 18.6 Å². The minimum absolute atomic E-state index is 0.103. The molecule has 1 atom stereocenters. The van der Waals surface area contributed by atoms with Gasteiger partial charge in [-0.15, -0.1) is 11.3 Å². The highest BCUT2D eigenvalue weighted by molar-refractivity contribution is 7.09. The standard InChI is InChI=1S/C12H14N4OS/c1-8(9-3-2-4-14-6-9)15-12(17)10-7-18-11(5-13)16-10/h2-4,6-8H,5,13H2,1H3,(H,15,17)/t8-/m0/s1. The molecule has 3 N–H and O–H groups in total. The van der Waals surface area contributed by atoms with Crippen LogP contribution in [0.5, 0.6) is 0 Å². The van der Waals surface area contributed by atoms with Gasteiger partial charge in [0.05, 0.1) is 6.04 Å². The van der Waals surface area contributed by atoms with Gasteiger partial charge in [0.2, 0.25) is 0 Å². The summed E-state index contributed by atoms with van der Waals surface area (Å²) < 4.78 is 0. The van der Waals surface area contributed by atoms with Gasteiger partial charge in [-0.25, -0.2) is 4.98 Å². The third-order valence-electron chi connectivity index (χ3n) is 2.49. The van der Waals surface area contributed by atoms with Gasteiger partial charge < -0.3 is 11.1 Å². The van der Waals surface area contributed by atoms with Crippen LogP contribution in [0.25, 0.3) is 0 Å². The van der Waals surface area contributed by atoms with Crippen LogP contribution in [0.15, 0.2) is 29.9 Å². The summed E-state index contributed by atoms with van der Waals surface area (Å²) in [6.07, 6.45) is 3.43. The van der Waals surface area contributed by atoms with Crippen LogP contribution in [0.1, 0.15) is 34.0 Å². The molecule has 0 saturated heterocycles. The Hall–Kier alpha value is -1.79. The van der Waals surface area contributed by atoms with Crippen molar-refractivity contribution in [3.05, 3.63) is 46.2 Å². The molecule has 0 aliphatic carbocycles. The zero-order valence-corrected chi connectivity index (χ0v) is 10.8. The minimum Gasteiger partial charge on any atom is -0.344 e. The number of aromatic nitrogens is 2. The molecule has 2 rings (SSSR count). The second kappa shape index (κ2) is 5.70. The van der Waals surface area contributed by atoms with Crippen molar-refractivity contribution < 1.29 is 4.79 Å². The lowest BCUT2D eigenvalue weighted by Gasteiger charge is -2.12. The molecule has 0 bridgehead atoms. The van der Waals surface area contributed by atoms with E-state index in [1.165, 1.54) is 11.3 Å². The van der Waals surface area contributed by atoms with Gasteiger partial charge >= 0.3 is 0 Å². The molecule has 5 nitrogen and oxygen atoms in total. The smallest absolute Gasteiger partial charge is 0.271 e. The first-order valence-corrected chi connectivity index (χ1v) is 6.44. The van der Waals surface area contributed by atoms with Crippen LogP contribution in [0.4, 0.5) is 0 Å². The highest BCUT2D eigenvalue weighted by Gasteiger charge is 2.14. The third-order valence-corrected chi connectivity index (χ3v) is 3.36. The number of nitrogens with two attached hydrogens (primary N) is 1. The lowest BCUT2D eigenvalue weighted by atomic mass is 10.1. The molecule has 0 radical (unpaired) electrons. The number of pyridine rings is 1. The summed E-state index contributed by atoms with van der Waals surface area (Å²) in [5, 5.41) is 5.35. The van der Waals surface area contributed by atoms with Crippen molar-refractivity contribution in [1.29, 1.82) is 0 Å². The fraction of sp³-hybridized carbons (Fsp3) is 0.250. The van der Waals surface area contributed by atoms with Crippen LogP contribution >= 0.6 is 11.3 Å². The zero-order chi connectivity index (χ0) is 13.0. The summed E-state index contributed by atoms with van der Waals surface area (Å²) >= 11 is 1.39. The molecule has 2 heterocycles. The van der Waals surface area contributed by atoms with Gasteiger partial charge in [0.25, 0.3) is 5.91 Å². The normalized spacial score (nSPS) is 12.1.